The van der Waals surface area contributed by atoms with Crippen LogP contribution in [-0.2, 0) is 19.4 Å². The molecule has 0 unspecified atom stereocenters. The van der Waals surface area contributed by atoms with Crippen LogP contribution in [0, 0.1) is 0 Å². The van der Waals surface area contributed by atoms with Gasteiger partial charge in [-0.1, -0.05) is 30.8 Å². The van der Waals surface area contributed by atoms with Crippen molar-refractivity contribution in [2.24, 2.45) is 0 Å². The first-order valence-corrected chi connectivity index (χ1v) is 9.24. The highest BCUT2D eigenvalue weighted by Crippen LogP contribution is 2.31. The summed E-state index contributed by atoms with van der Waals surface area (Å²) in [5.41, 5.74) is 2.94. The lowest BCUT2D eigenvalue weighted by Crippen LogP contribution is -2.15. The number of thioether (sulfide) groups is 1. The minimum Gasteiger partial charge on any atom is -0.306 e. The number of imidazole rings is 1. The Morgan fingerprint density at radius 2 is 2.19 bits per heavy atom. The van der Waals surface area contributed by atoms with E-state index in [9.17, 15) is 4.79 Å². The molecule has 5 heteroatoms. The maximum Gasteiger partial charge on any atom is 0.211 e. The molecule has 1 aliphatic rings. The summed E-state index contributed by atoms with van der Waals surface area (Å²) >= 11 is 3.46. The molecule has 3 nitrogen and oxygen atoms in total. The summed E-state index contributed by atoms with van der Waals surface area (Å²) in [5.74, 6) is 0.956. The van der Waals surface area contributed by atoms with Crippen LogP contribution in [0.3, 0.4) is 0 Å². The van der Waals surface area contributed by atoms with E-state index in [4.69, 9.17) is 0 Å². The average Bonchev–Trinajstić information content (AvgIpc) is 2.78. The third-order valence-electron chi connectivity index (χ3n) is 3.71. The van der Waals surface area contributed by atoms with Crippen molar-refractivity contribution in [3.8, 4) is 0 Å². The van der Waals surface area contributed by atoms with Gasteiger partial charge in [0.2, 0.25) is 5.43 Å². The van der Waals surface area contributed by atoms with Gasteiger partial charge in [0.05, 0.1) is 0 Å². The molecular formula is C16H20N2OS2. The van der Waals surface area contributed by atoms with E-state index in [0.29, 0.717) is 5.52 Å². The Hall–Kier alpha value is -1.07. The molecule has 0 aliphatic heterocycles. The molecule has 21 heavy (non-hydrogen) atoms. The van der Waals surface area contributed by atoms with Crippen molar-refractivity contribution in [1.82, 2.24) is 9.55 Å². The molecule has 0 spiro atoms. The summed E-state index contributed by atoms with van der Waals surface area (Å²) in [6.45, 7) is 8.89. The van der Waals surface area contributed by atoms with Crippen LogP contribution in [-0.4, -0.2) is 15.3 Å². The van der Waals surface area contributed by atoms with Gasteiger partial charge in [-0.2, -0.15) is 0 Å². The predicted octanol–water partition coefficient (Wildman–Crippen LogP) is 4.02. The minimum atomic E-state index is 0.164. The van der Waals surface area contributed by atoms with Crippen molar-refractivity contribution in [2.75, 3.05) is 5.75 Å². The first-order valence-electron chi connectivity index (χ1n) is 7.44. The molecule has 0 fully saturated rings. The lowest BCUT2D eigenvalue weighted by Gasteiger charge is -2.14. The first-order chi connectivity index (χ1) is 10.1. The first kappa shape index (κ1) is 14.9. The zero-order valence-electron chi connectivity index (χ0n) is 12.6. The molecule has 1 aliphatic carbocycles. The van der Waals surface area contributed by atoms with Crippen LogP contribution in [0.25, 0.3) is 10.3 Å². The molecule has 2 aromatic rings. The molecule has 112 valence electrons. The van der Waals surface area contributed by atoms with Gasteiger partial charge in [-0.05, 0) is 38.4 Å². The number of aryl methyl sites for hydroxylation is 1. The Morgan fingerprint density at radius 3 is 2.90 bits per heavy atom. The lowest BCUT2D eigenvalue weighted by atomic mass is 9.98. The van der Waals surface area contributed by atoms with Gasteiger partial charge >= 0.3 is 0 Å². The molecule has 0 amide bonds. The van der Waals surface area contributed by atoms with Crippen LogP contribution >= 0.6 is 23.1 Å². The van der Waals surface area contributed by atoms with Crippen LogP contribution < -0.4 is 5.43 Å². The smallest absolute Gasteiger partial charge is 0.211 e. The SMILES string of the molecule is C=C(C)Cn1c(SCC)nc2c(=O)c3c(sc21)CCCC3. The largest absolute Gasteiger partial charge is 0.306 e. The van der Waals surface area contributed by atoms with E-state index < -0.39 is 0 Å². The monoisotopic (exact) mass is 320 g/mol. The van der Waals surface area contributed by atoms with Crippen LogP contribution in [0.15, 0.2) is 22.1 Å². The van der Waals surface area contributed by atoms with Gasteiger partial charge in [-0.3, -0.25) is 4.79 Å². The van der Waals surface area contributed by atoms with Crippen molar-refractivity contribution in [3.05, 3.63) is 32.8 Å². The highest BCUT2D eigenvalue weighted by Gasteiger charge is 2.21. The molecule has 0 atom stereocenters. The van der Waals surface area contributed by atoms with E-state index in [1.165, 1.54) is 11.3 Å². The summed E-state index contributed by atoms with van der Waals surface area (Å²) < 4.78 is 2.17. The minimum absolute atomic E-state index is 0.164. The predicted molar refractivity (Wildman–Crippen MR) is 91.7 cm³/mol. The fourth-order valence-electron chi connectivity index (χ4n) is 2.81. The third kappa shape index (κ3) is 2.69. The summed E-state index contributed by atoms with van der Waals surface area (Å²) in [6.07, 6.45) is 4.28. The molecule has 3 rings (SSSR count). The van der Waals surface area contributed by atoms with E-state index in [1.807, 2.05) is 6.92 Å². The fourth-order valence-corrected chi connectivity index (χ4v) is 4.89. The van der Waals surface area contributed by atoms with Crippen molar-refractivity contribution < 1.29 is 0 Å². The van der Waals surface area contributed by atoms with E-state index >= 15 is 0 Å². The summed E-state index contributed by atoms with van der Waals surface area (Å²) in [4.78, 5) is 19.7. The zero-order chi connectivity index (χ0) is 15.0. The van der Waals surface area contributed by atoms with Gasteiger partial charge in [-0.15, -0.1) is 11.3 Å². The Balaban J connectivity index is 2.26. The van der Waals surface area contributed by atoms with Gasteiger partial charge in [0.15, 0.2) is 5.16 Å². The number of nitrogens with zero attached hydrogens (tertiary/aromatic N) is 2. The van der Waals surface area contributed by atoms with Crippen LogP contribution in [0.4, 0.5) is 0 Å². The van der Waals surface area contributed by atoms with Gasteiger partial charge in [0, 0.05) is 17.0 Å². The van der Waals surface area contributed by atoms with E-state index in [0.717, 1.165) is 52.7 Å². The number of allylic oxidation sites excluding steroid dienone is 1. The average molecular weight is 320 g/mol. The Labute approximate surface area is 133 Å². The maximum atomic E-state index is 12.7. The maximum absolute atomic E-state index is 12.7. The quantitative estimate of drug-likeness (QED) is 0.630. The van der Waals surface area contributed by atoms with Crippen LogP contribution in [0.1, 0.15) is 37.1 Å². The molecule has 0 bridgehead atoms. The number of rotatable bonds is 4. The van der Waals surface area contributed by atoms with Crippen molar-refractivity contribution in [3.63, 3.8) is 0 Å². The van der Waals surface area contributed by atoms with Crippen LogP contribution in [0.5, 0.6) is 0 Å². The number of hydrogen-bond acceptors (Lipinski definition) is 4. The second-order valence-electron chi connectivity index (χ2n) is 5.56. The molecule has 0 aromatic carbocycles. The topological polar surface area (TPSA) is 34.9 Å². The lowest BCUT2D eigenvalue weighted by molar-refractivity contribution is 0.692. The van der Waals surface area contributed by atoms with Gasteiger partial charge in [0.1, 0.15) is 10.3 Å². The van der Waals surface area contributed by atoms with Gasteiger partial charge in [0.25, 0.3) is 0 Å². The zero-order valence-corrected chi connectivity index (χ0v) is 14.2. The number of fused-ring (bicyclic) bond motifs is 2. The van der Waals surface area contributed by atoms with Crippen molar-refractivity contribution in [2.45, 2.75) is 51.2 Å². The highest BCUT2D eigenvalue weighted by molar-refractivity contribution is 7.99. The molecule has 2 aromatic heterocycles. The van der Waals surface area contributed by atoms with Crippen LogP contribution in [0.2, 0.25) is 0 Å². The highest BCUT2D eigenvalue weighted by atomic mass is 32.2. The van der Waals surface area contributed by atoms with Gasteiger partial charge < -0.3 is 4.57 Å². The summed E-state index contributed by atoms with van der Waals surface area (Å²) in [7, 11) is 0. The Kier molecular flexibility index (Phi) is 4.22. The molecule has 0 saturated heterocycles. The Bertz CT molecular complexity index is 758. The number of hydrogen-bond donors (Lipinski definition) is 0. The third-order valence-corrected chi connectivity index (χ3v) is 5.88. The summed E-state index contributed by atoms with van der Waals surface area (Å²) in [6, 6.07) is 0. The Morgan fingerprint density at radius 1 is 1.43 bits per heavy atom. The van der Waals surface area contributed by atoms with Gasteiger partial charge in [-0.25, -0.2) is 4.98 Å². The van der Waals surface area contributed by atoms with Crippen molar-refractivity contribution >= 4 is 33.4 Å². The molecule has 0 saturated carbocycles. The second-order valence-corrected chi connectivity index (χ2v) is 7.88. The molecule has 0 N–H and O–H groups in total. The van der Waals surface area contributed by atoms with Crippen molar-refractivity contribution in [1.29, 1.82) is 0 Å². The summed E-state index contributed by atoms with van der Waals surface area (Å²) in [5, 5.41) is 0.950. The molecular weight excluding hydrogens is 300 g/mol. The molecule has 2 heterocycles. The van der Waals surface area contributed by atoms with E-state index in [2.05, 4.69) is 23.1 Å². The number of aromatic nitrogens is 2. The molecule has 0 radical (unpaired) electrons. The normalized spacial score (nSPS) is 14.4. The van der Waals surface area contributed by atoms with E-state index in [-0.39, 0.29) is 5.43 Å². The van der Waals surface area contributed by atoms with E-state index in [1.54, 1.807) is 23.1 Å². The second kappa shape index (κ2) is 5.97. The fraction of sp³-hybridized carbons (Fsp3) is 0.500. The standard InChI is InChI=1S/C16H20N2OS2/c1-4-20-16-17-13-14(19)11-7-5-6-8-12(11)21-15(13)18(16)9-10(2)3/h2,4-9H2,1,3H3.